The number of nitrogens with zero attached hydrogens (tertiary/aromatic N) is 1. The van der Waals surface area contributed by atoms with Crippen molar-refractivity contribution in [3.8, 4) is 0 Å². The minimum absolute atomic E-state index is 0.237. The van der Waals surface area contributed by atoms with E-state index in [4.69, 9.17) is 4.74 Å². The van der Waals surface area contributed by atoms with Crippen LogP contribution in [0.1, 0.15) is 27.7 Å². The van der Waals surface area contributed by atoms with E-state index in [9.17, 15) is 4.79 Å². The van der Waals surface area contributed by atoms with Crippen LogP contribution < -0.4 is 0 Å². The summed E-state index contributed by atoms with van der Waals surface area (Å²) in [4.78, 5) is 11.1. The molecule has 0 aliphatic carbocycles. The molecular formula is C12H24NO2+. The van der Waals surface area contributed by atoms with Crippen molar-refractivity contribution in [2.45, 2.75) is 27.7 Å². The summed E-state index contributed by atoms with van der Waals surface area (Å²) >= 11 is 0. The van der Waals surface area contributed by atoms with Crippen LogP contribution in [-0.2, 0) is 9.53 Å². The highest BCUT2D eigenvalue weighted by Gasteiger charge is 2.20. The number of esters is 1. The fourth-order valence-electron chi connectivity index (χ4n) is 1.67. The van der Waals surface area contributed by atoms with Gasteiger partial charge in [-0.3, -0.25) is 0 Å². The molecule has 0 saturated heterocycles. The number of carbonyl (C=O) groups excluding carboxylic acids is 1. The van der Waals surface area contributed by atoms with Gasteiger partial charge >= 0.3 is 5.97 Å². The minimum atomic E-state index is -0.237. The monoisotopic (exact) mass is 214 g/mol. The second-order valence-electron chi connectivity index (χ2n) is 3.68. The maximum absolute atomic E-state index is 11.1. The molecule has 0 aromatic heterocycles. The molecule has 0 aromatic rings. The molecule has 0 atom stereocenters. The zero-order valence-electron chi connectivity index (χ0n) is 10.5. The summed E-state index contributed by atoms with van der Waals surface area (Å²) in [6, 6.07) is 0. The van der Waals surface area contributed by atoms with Crippen LogP contribution in [-0.4, -0.2) is 43.2 Å². The Morgan fingerprint density at radius 3 is 2.13 bits per heavy atom. The highest BCUT2D eigenvalue weighted by Crippen LogP contribution is 2.05. The first-order valence-electron chi connectivity index (χ1n) is 5.78. The highest BCUT2D eigenvalue weighted by molar-refractivity contribution is 5.81. The van der Waals surface area contributed by atoms with E-state index in [0.29, 0.717) is 6.61 Å². The summed E-state index contributed by atoms with van der Waals surface area (Å²) in [6.07, 6.45) is 3.16. The van der Waals surface area contributed by atoms with E-state index in [1.54, 1.807) is 6.08 Å². The molecule has 3 heteroatoms. The van der Waals surface area contributed by atoms with E-state index in [0.717, 1.165) is 30.7 Å². The summed E-state index contributed by atoms with van der Waals surface area (Å²) < 4.78 is 6.12. The number of rotatable bonds is 7. The zero-order valence-corrected chi connectivity index (χ0v) is 10.5. The third kappa shape index (κ3) is 4.98. The standard InChI is InChI=1S/C12H24NO2/c1-5-9-12(14)15-11-10-13(6-2,7-3)8-4/h5,9H,6-8,10-11H2,1-4H3/q+1. The van der Waals surface area contributed by atoms with E-state index >= 15 is 0 Å². The van der Waals surface area contributed by atoms with Gasteiger partial charge in [0.15, 0.2) is 0 Å². The van der Waals surface area contributed by atoms with Gasteiger partial charge in [0.25, 0.3) is 0 Å². The topological polar surface area (TPSA) is 26.3 Å². The van der Waals surface area contributed by atoms with Crippen molar-refractivity contribution in [2.75, 3.05) is 32.8 Å². The lowest BCUT2D eigenvalue weighted by Crippen LogP contribution is -2.49. The van der Waals surface area contributed by atoms with Crippen LogP contribution in [0.5, 0.6) is 0 Å². The number of ether oxygens (including phenoxy) is 1. The first-order chi connectivity index (χ1) is 7.14. The average molecular weight is 214 g/mol. The maximum Gasteiger partial charge on any atom is 0.330 e. The first kappa shape index (κ1) is 14.2. The Morgan fingerprint density at radius 2 is 1.73 bits per heavy atom. The molecular weight excluding hydrogens is 190 g/mol. The summed E-state index contributed by atoms with van der Waals surface area (Å²) in [5, 5.41) is 0. The van der Waals surface area contributed by atoms with Gasteiger partial charge in [-0.2, -0.15) is 0 Å². The van der Waals surface area contributed by atoms with Crippen molar-refractivity contribution in [2.24, 2.45) is 0 Å². The van der Waals surface area contributed by atoms with Gasteiger partial charge in [0, 0.05) is 6.08 Å². The molecule has 0 amide bonds. The first-order valence-corrected chi connectivity index (χ1v) is 5.78. The van der Waals surface area contributed by atoms with Gasteiger partial charge in [-0.1, -0.05) is 6.08 Å². The molecule has 0 N–H and O–H groups in total. The van der Waals surface area contributed by atoms with Gasteiger partial charge in [0.05, 0.1) is 19.6 Å². The number of hydrogen-bond acceptors (Lipinski definition) is 2. The molecule has 0 rings (SSSR count). The number of quaternary nitrogens is 1. The van der Waals surface area contributed by atoms with Gasteiger partial charge in [-0.15, -0.1) is 0 Å². The highest BCUT2D eigenvalue weighted by atomic mass is 16.5. The van der Waals surface area contributed by atoms with Crippen molar-refractivity contribution in [3.63, 3.8) is 0 Å². The van der Waals surface area contributed by atoms with Gasteiger partial charge < -0.3 is 9.22 Å². The van der Waals surface area contributed by atoms with Crippen LogP contribution in [0, 0.1) is 0 Å². The van der Waals surface area contributed by atoms with Crippen molar-refractivity contribution >= 4 is 5.97 Å². The van der Waals surface area contributed by atoms with Crippen LogP contribution in [0.25, 0.3) is 0 Å². The Morgan fingerprint density at radius 1 is 1.20 bits per heavy atom. The largest absolute Gasteiger partial charge is 0.457 e. The van der Waals surface area contributed by atoms with Gasteiger partial charge in [-0.05, 0) is 27.7 Å². The van der Waals surface area contributed by atoms with Crippen LogP contribution in [0.15, 0.2) is 12.2 Å². The third-order valence-electron chi connectivity index (χ3n) is 3.13. The predicted octanol–water partition coefficient (Wildman–Crippen LogP) is 1.98. The Balaban J connectivity index is 3.96. The van der Waals surface area contributed by atoms with E-state index in [2.05, 4.69) is 20.8 Å². The molecule has 3 nitrogen and oxygen atoms in total. The Bertz CT molecular complexity index is 199. The second-order valence-corrected chi connectivity index (χ2v) is 3.68. The SMILES string of the molecule is CC=CC(=O)OCC[N+](CC)(CC)CC. The van der Waals surface area contributed by atoms with E-state index < -0.39 is 0 Å². The van der Waals surface area contributed by atoms with Crippen LogP contribution in [0.2, 0.25) is 0 Å². The lowest BCUT2D eigenvalue weighted by atomic mass is 10.3. The number of hydrogen-bond donors (Lipinski definition) is 0. The predicted molar refractivity (Wildman–Crippen MR) is 62.5 cm³/mol. The quantitative estimate of drug-likeness (QED) is 0.368. The zero-order chi connectivity index (χ0) is 11.7. The van der Waals surface area contributed by atoms with Crippen LogP contribution in [0.3, 0.4) is 0 Å². The Kier molecular flexibility index (Phi) is 7.05. The van der Waals surface area contributed by atoms with Crippen molar-refractivity contribution in [1.82, 2.24) is 0 Å². The molecule has 0 radical (unpaired) electrons. The van der Waals surface area contributed by atoms with Crippen molar-refractivity contribution in [3.05, 3.63) is 12.2 Å². The van der Waals surface area contributed by atoms with Gasteiger partial charge in [0.1, 0.15) is 13.2 Å². The Labute approximate surface area is 93.3 Å². The summed E-state index contributed by atoms with van der Waals surface area (Å²) in [5.41, 5.74) is 0. The second kappa shape index (κ2) is 7.46. The summed E-state index contributed by atoms with van der Waals surface area (Å²) in [7, 11) is 0. The molecule has 0 saturated carbocycles. The summed E-state index contributed by atoms with van der Waals surface area (Å²) in [5.74, 6) is -0.237. The molecule has 0 fully saturated rings. The average Bonchev–Trinajstić information content (AvgIpc) is 2.25. The minimum Gasteiger partial charge on any atom is -0.457 e. The molecule has 0 spiro atoms. The normalized spacial score (nSPS) is 12.0. The van der Waals surface area contributed by atoms with Crippen LogP contribution in [0.4, 0.5) is 0 Å². The smallest absolute Gasteiger partial charge is 0.330 e. The number of likely N-dealkylation sites (N-methyl/N-ethyl adjacent to an activating group) is 1. The van der Waals surface area contributed by atoms with Crippen molar-refractivity contribution < 1.29 is 14.0 Å². The maximum atomic E-state index is 11.1. The number of carbonyl (C=O) groups is 1. The number of allylic oxidation sites excluding steroid dienone is 1. The summed E-state index contributed by atoms with van der Waals surface area (Å²) in [6.45, 7) is 13.1. The molecule has 0 aliphatic rings. The fraction of sp³-hybridized carbons (Fsp3) is 0.750. The van der Waals surface area contributed by atoms with Gasteiger partial charge in [-0.25, -0.2) is 4.79 Å². The molecule has 0 unspecified atom stereocenters. The lowest BCUT2D eigenvalue weighted by Gasteiger charge is -2.35. The van der Waals surface area contributed by atoms with Gasteiger partial charge in [0.2, 0.25) is 0 Å². The molecule has 0 aliphatic heterocycles. The molecule has 0 heterocycles. The molecule has 0 bridgehead atoms. The van der Waals surface area contributed by atoms with E-state index in [-0.39, 0.29) is 5.97 Å². The fourth-order valence-corrected chi connectivity index (χ4v) is 1.67. The van der Waals surface area contributed by atoms with E-state index in [1.165, 1.54) is 6.08 Å². The lowest BCUT2D eigenvalue weighted by molar-refractivity contribution is -0.923. The molecule has 0 aromatic carbocycles. The Hall–Kier alpha value is -0.830. The van der Waals surface area contributed by atoms with E-state index in [1.807, 2.05) is 6.92 Å². The molecule has 88 valence electrons. The molecule has 15 heavy (non-hydrogen) atoms. The van der Waals surface area contributed by atoms with Crippen molar-refractivity contribution in [1.29, 1.82) is 0 Å². The third-order valence-corrected chi connectivity index (χ3v) is 3.13. The van der Waals surface area contributed by atoms with Crippen LogP contribution >= 0.6 is 0 Å².